The number of nitrogen functional groups attached to an aromatic ring is 1. The number of hydrogen-bond donors (Lipinski definition) is 2. The Labute approximate surface area is 155 Å². The van der Waals surface area contributed by atoms with Crippen molar-refractivity contribution in [3.8, 4) is 11.1 Å². The third-order valence-corrected chi connectivity index (χ3v) is 4.45. The standard InChI is InChI=1S/C19H17ClN6/c1-11-8-9-14(20)10-15(11)23-18-24-19-22-12(2)16(17(21)26(19)25-18)13-6-4-3-5-7-13/h3-10H,21H2,1-2H3,(H,23,25). The summed E-state index contributed by atoms with van der Waals surface area (Å²) in [6.07, 6.45) is 0. The van der Waals surface area contributed by atoms with Gasteiger partial charge < -0.3 is 11.1 Å². The van der Waals surface area contributed by atoms with E-state index >= 15 is 0 Å². The molecule has 0 radical (unpaired) electrons. The van der Waals surface area contributed by atoms with Crippen molar-refractivity contribution in [3.05, 3.63) is 64.8 Å². The molecule has 0 bridgehead atoms. The number of rotatable bonds is 3. The number of nitrogens with zero attached hydrogens (tertiary/aromatic N) is 4. The molecule has 0 aliphatic heterocycles. The maximum atomic E-state index is 6.38. The summed E-state index contributed by atoms with van der Waals surface area (Å²) < 4.78 is 1.55. The monoisotopic (exact) mass is 364 g/mol. The fourth-order valence-corrected chi connectivity index (χ4v) is 3.07. The Hall–Kier alpha value is -3.12. The molecule has 26 heavy (non-hydrogen) atoms. The highest BCUT2D eigenvalue weighted by molar-refractivity contribution is 6.30. The van der Waals surface area contributed by atoms with E-state index in [-0.39, 0.29) is 0 Å². The first-order chi connectivity index (χ1) is 12.5. The summed E-state index contributed by atoms with van der Waals surface area (Å²) in [5.41, 5.74) is 10.9. The smallest absolute Gasteiger partial charge is 0.256 e. The number of aromatic nitrogens is 4. The van der Waals surface area contributed by atoms with E-state index in [1.807, 2.05) is 62.4 Å². The van der Waals surface area contributed by atoms with Crippen molar-refractivity contribution in [3.63, 3.8) is 0 Å². The fraction of sp³-hybridized carbons (Fsp3) is 0.105. The molecule has 0 atom stereocenters. The Balaban J connectivity index is 1.81. The predicted octanol–water partition coefficient (Wildman–Crippen LogP) is 4.39. The Kier molecular flexibility index (Phi) is 3.97. The zero-order valence-corrected chi connectivity index (χ0v) is 15.1. The van der Waals surface area contributed by atoms with Crippen LogP contribution in [0.25, 0.3) is 16.9 Å². The quantitative estimate of drug-likeness (QED) is 0.563. The highest BCUT2D eigenvalue weighted by Crippen LogP contribution is 2.29. The Morgan fingerprint density at radius 3 is 2.58 bits per heavy atom. The second kappa shape index (κ2) is 6.31. The largest absolute Gasteiger partial charge is 0.383 e. The van der Waals surface area contributed by atoms with Crippen molar-refractivity contribution >= 4 is 34.8 Å². The number of nitrogens with two attached hydrogens (primary N) is 1. The van der Waals surface area contributed by atoms with E-state index in [1.165, 1.54) is 0 Å². The molecule has 7 heteroatoms. The van der Waals surface area contributed by atoms with Gasteiger partial charge in [-0.2, -0.15) is 9.50 Å². The van der Waals surface area contributed by atoms with Gasteiger partial charge in [-0.1, -0.05) is 48.0 Å². The van der Waals surface area contributed by atoms with Crippen LogP contribution < -0.4 is 11.1 Å². The van der Waals surface area contributed by atoms with Crippen LogP contribution in [-0.2, 0) is 0 Å². The van der Waals surface area contributed by atoms with Gasteiger partial charge in [-0.3, -0.25) is 0 Å². The van der Waals surface area contributed by atoms with Gasteiger partial charge in [-0.25, -0.2) is 4.98 Å². The van der Waals surface area contributed by atoms with Crippen LogP contribution in [0, 0.1) is 13.8 Å². The molecule has 2 aromatic carbocycles. The van der Waals surface area contributed by atoms with Crippen molar-refractivity contribution in [1.82, 2.24) is 19.6 Å². The molecule has 0 spiro atoms. The fourth-order valence-electron chi connectivity index (χ4n) is 2.90. The molecule has 0 saturated carbocycles. The van der Waals surface area contributed by atoms with Crippen LogP contribution in [0.4, 0.5) is 17.5 Å². The topological polar surface area (TPSA) is 81.1 Å². The second-order valence-electron chi connectivity index (χ2n) is 6.05. The predicted molar refractivity (Wildman–Crippen MR) is 105 cm³/mol. The number of aryl methyl sites for hydroxylation is 2. The van der Waals surface area contributed by atoms with Crippen molar-refractivity contribution in [2.45, 2.75) is 13.8 Å². The van der Waals surface area contributed by atoms with Crippen LogP contribution in [0.5, 0.6) is 0 Å². The molecule has 0 aliphatic carbocycles. The van der Waals surface area contributed by atoms with Crippen LogP contribution in [0.1, 0.15) is 11.3 Å². The average molecular weight is 365 g/mol. The number of fused-ring (bicyclic) bond motifs is 1. The number of hydrogen-bond acceptors (Lipinski definition) is 5. The maximum absolute atomic E-state index is 6.38. The SMILES string of the molecule is Cc1ccc(Cl)cc1Nc1nc2nc(C)c(-c3ccccc3)c(N)n2n1. The molecule has 6 nitrogen and oxygen atoms in total. The van der Waals surface area contributed by atoms with Gasteiger partial charge in [0.25, 0.3) is 5.78 Å². The zero-order valence-electron chi connectivity index (χ0n) is 14.4. The first-order valence-electron chi connectivity index (χ1n) is 8.14. The molecule has 2 aromatic heterocycles. The van der Waals surface area contributed by atoms with Crippen molar-refractivity contribution in [1.29, 1.82) is 0 Å². The van der Waals surface area contributed by atoms with Crippen molar-refractivity contribution in [2.24, 2.45) is 0 Å². The molecule has 0 aliphatic rings. The molecule has 3 N–H and O–H groups in total. The van der Waals surface area contributed by atoms with E-state index in [0.717, 1.165) is 28.1 Å². The van der Waals surface area contributed by atoms with Crippen LogP contribution in [0.15, 0.2) is 48.5 Å². The summed E-state index contributed by atoms with van der Waals surface area (Å²) in [4.78, 5) is 9.00. The molecule has 0 saturated heterocycles. The molecule has 2 heterocycles. The van der Waals surface area contributed by atoms with Gasteiger partial charge in [0.15, 0.2) is 0 Å². The summed E-state index contributed by atoms with van der Waals surface area (Å²) in [7, 11) is 0. The first-order valence-corrected chi connectivity index (χ1v) is 8.52. The number of nitrogens with one attached hydrogen (secondary N) is 1. The van der Waals surface area contributed by atoms with Gasteiger partial charge in [0.05, 0.1) is 5.69 Å². The van der Waals surface area contributed by atoms with Gasteiger partial charge in [0.2, 0.25) is 5.95 Å². The molecule has 0 fully saturated rings. The van der Waals surface area contributed by atoms with Crippen LogP contribution >= 0.6 is 11.6 Å². The number of halogens is 1. The first kappa shape index (κ1) is 16.4. The van der Waals surface area contributed by atoms with Gasteiger partial charge in [0.1, 0.15) is 5.82 Å². The van der Waals surface area contributed by atoms with Crippen molar-refractivity contribution in [2.75, 3.05) is 11.1 Å². The van der Waals surface area contributed by atoms with E-state index in [4.69, 9.17) is 17.3 Å². The van der Waals surface area contributed by atoms with E-state index in [1.54, 1.807) is 4.52 Å². The van der Waals surface area contributed by atoms with Crippen LogP contribution in [0.3, 0.4) is 0 Å². The summed E-state index contributed by atoms with van der Waals surface area (Å²) in [6, 6.07) is 15.5. The van der Waals surface area contributed by atoms with E-state index in [0.29, 0.717) is 22.6 Å². The molecule has 4 rings (SSSR count). The van der Waals surface area contributed by atoms with Gasteiger partial charge in [-0.15, -0.1) is 5.10 Å². The highest BCUT2D eigenvalue weighted by atomic mass is 35.5. The summed E-state index contributed by atoms with van der Waals surface area (Å²) >= 11 is 6.08. The van der Waals surface area contributed by atoms with Crippen LogP contribution in [-0.4, -0.2) is 19.6 Å². The molecule has 4 aromatic rings. The van der Waals surface area contributed by atoms with E-state index in [2.05, 4.69) is 20.4 Å². The minimum absolute atomic E-state index is 0.416. The number of benzene rings is 2. The average Bonchev–Trinajstić information content (AvgIpc) is 3.02. The lowest BCUT2D eigenvalue weighted by molar-refractivity contribution is 0.947. The lowest BCUT2D eigenvalue weighted by atomic mass is 10.1. The second-order valence-corrected chi connectivity index (χ2v) is 6.49. The van der Waals surface area contributed by atoms with Crippen molar-refractivity contribution < 1.29 is 0 Å². The lowest BCUT2D eigenvalue weighted by Crippen LogP contribution is -2.05. The van der Waals surface area contributed by atoms with E-state index < -0.39 is 0 Å². The van der Waals surface area contributed by atoms with E-state index in [9.17, 15) is 0 Å². The van der Waals surface area contributed by atoms with Gasteiger partial charge >= 0.3 is 0 Å². The number of anilines is 3. The molecular weight excluding hydrogens is 348 g/mol. The third-order valence-electron chi connectivity index (χ3n) is 4.21. The third kappa shape index (κ3) is 2.84. The zero-order chi connectivity index (χ0) is 18.3. The van der Waals surface area contributed by atoms with Gasteiger partial charge in [-0.05, 0) is 37.1 Å². The maximum Gasteiger partial charge on any atom is 0.256 e. The Morgan fingerprint density at radius 2 is 1.81 bits per heavy atom. The minimum Gasteiger partial charge on any atom is -0.383 e. The minimum atomic E-state index is 0.416. The molecule has 0 amide bonds. The summed E-state index contributed by atoms with van der Waals surface area (Å²) in [5.74, 6) is 1.36. The van der Waals surface area contributed by atoms with Crippen LogP contribution in [0.2, 0.25) is 5.02 Å². The highest BCUT2D eigenvalue weighted by Gasteiger charge is 2.16. The summed E-state index contributed by atoms with van der Waals surface area (Å²) in [6.45, 7) is 3.90. The lowest BCUT2D eigenvalue weighted by Gasteiger charge is -2.09. The summed E-state index contributed by atoms with van der Waals surface area (Å²) in [5, 5.41) is 8.30. The molecule has 130 valence electrons. The Morgan fingerprint density at radius 1 is 1.04 bits per heavy atom. The molecular formula is C19H17ClN6. The normalized spacial score (nSPS) is 11.0. The Bertz CT molecular complexity index is 1100. The molecule has 0 unspecified atom stereocenters. The van der Waals surface area contributed by atoms with Gasteiger partial charge in [0, 0.05) is 16.3 Å².